The summed E-state index contributed by atoms with van der Waals surface area (Å²) in [5, 5.41) is 4.39. The van der Waals surface area contributed by atoms with Crippen LogP contribution in [0.4, 0.5) is 0 Å². The van der Waals surface area contributed by atoms with Gasteiger partial charge in [-0.25, -0.2) is 4.68 Å². The minimum absolute atomic E-state index is 0.221. The maximum Gasteiger partial charge on any atom is 0.227 e. The Bertz CT molecular complexity index is 697. The van der Waals surface area contributed by atoms with Crippen LogP contribution in [0, 0.1) is 0 Å². The third-order valence-electron chi connectivity index (χ3n) is 5.52. The van der Waals surface area contributed by atoms with Crippen molar-refractivity contribution in [2.24, 2.45) is 0 Å². The lowest BCUT2D eigenvalue weighted by Gasteiger charge is -2.38. The molecule has 0 N–H and O–H groups in total. The van der Waals surface area contributed by atoms with Gasteiger partial charge in [0.05, 0.1) is 18.3 Å². The van der Waals surface area contributed by atoms with Gasteiger partial charge in [-0.2, -0.15) is 5.10 Å². The standard InChI is InChI=1S/C20H26N4O/c25-20(23-12-10-22(11-13-23)18-6-4-5-7-18)14-17-15-21-24(16-17)19-8-2-1-3-9-19/h1-3,8-9,15-16,18H,4-7,10-14H2. The maximum absolute atomic E-state index is 12.6. The first kappa shape index (κ1) is 16.3. The van der Waals surface area contributed by atoms with Crippen molar-refractivity contribution in [1.29, 1.82) is 0 Å². The van der Waals surface area contributed by atoms with E-state index in [1.165, 1.54) is 25.7 Å². The molecule has 0 spiro atoms. The van der Waals surface area contributed by atoms with Gasteiger partial charge in [0, 0.05) is 38.4 Å². The van der Waals surface area contributed by atoms with Gasteiger partial charge in [-0.05, 0) is 30.5 Å². The van der Waals surface area contributed by atoms with Gasteiger partial charge >= 0.3 is 0 Å². The molecule has 5 heteroatoms. The van der Waals surface area contributed by atoms with E-state index in [1.54, 1.807) is 6.20 Å². The topological polar surface area (TPSA) is 41.4 Å². The third-order valence-corrected chi connectivity index (χ3v) is 5.52. The number of nitrogens with zero attached hydrogens (tertiary/aromatic N) is 4. The molecule has 2 aromatic rings. The molecule has 1 aromatic carbocycles. The lowest BCUT2D eigenvalue weighted by Crippen LogP contribution is -2.51. The van der Waals surface area contributed by atoms with Crippen molar-refractivity contribution in [3.05, 3.63) is 48.3 Å². The van der Waals surface area contributed by atoms with Crippen molar-refractivity contribution in [2.45, 2.75) is 38.1 Å². The minimum atomic E-state index is 0.221. The van der Waals surface area contributed by atoms with Crippen molar-refractivity contribution in [1.82, 2.24) is 19.6 Å². The molecule has 1 saturated heterocycles. The van der Waals surface area contributed by atoms with E-state index in [-0.39, 0.29) is 5.91 Å². The summed E-state index contributed by atoms with van der Waals surface area (Å²) in [7, 11) is 0. The maximum atomic E-state index is 12.6. The summed E-state index contributed by atoms with van der Waals surface area (Å²) >= 11 is 0. The molecule has 1 amide bonds. The Balaban J connectivity index is 1.31. The molecule has 4 rings (SSSR count). The predicted molar refractivity (Wildman–Crippen MR) is 97.7 cm³/mol. The Morgan fingerprint density at radius 2 is 1.76 bits per heavy atom. The summed E-state index contributed by atoms with van der Waals surface area (Å²) < 4.78 is 1.83. The lowest BCUT2D eigenvalue weighted by atomic mass is 10.1. The average molecular weight is 338 g/mol. The van der Waals surface area contributed by atoms with Gasteiger partial charge in [0.1, 0.15) is 0 Å². The number of carbonyl (C=O) groups excluding carboxylic acids is 1. The Labute approximate surface area is 149 Å². The predicted octanol–water partition coefficient (Wildman–Crippen LogP) is 2.50. The molecule has 25 heavy (non-hydrogen) atoms. The van der Waals surface area contributed by atoms with Crippen LogP contribution in [-0.2, 0) is 11.2 Å². The fourth-order valence-corrected chi connectivity index (χ4v) is 4.07. The van der Waals surface area contributed by atoms with E-state index in [4.69, 9.17) is 0 Å². The molecular weight excluding hydrogens is 312 g/mol. The number of piperazine rings is 1. The fraction of sp³-hybridized carbons (Fsp3) is 0.500. The summed E-state index contributed by atoms with van der Waals surface area (Å²) in [6.45, 7) is 3.78. The van der Waals surface area contributed by atoms with E-state index in [0.717, 1.165) is 43.5 Å². The van der Waals surface area contributed by atoms with Crippen LogP contribution in [0.25, 0.3) is 5.69 Å². The molecule has 1 aromatic heterocycles. The van der Waals surface area contributed by atoms with Gasteiger partial charge in [0.15, 0.2) is 0 Å². The second-order valence-electron chi connectivity index (χ2n) is 7.16. The van der Waals surface area contributed by atoms with Crippen LogP contribution < -0.4 is 0 Å². The monoisotopic (exact) mass is 338 g/mol. The number of rotatable bonds is 4. The quantitative estimate of drug-likeness (QED) is 0.860. The fourth-order valence-electron chi connectivity index (χ4n) is 4.07. The van der Waals surface area contributed by atoms with Crippen LogP contribution in [0.5, 0.6) is 0 Å². The molecule has 0 atom stereocenters. The zero-order valence-electron chi connectivity index (χ0n) is 14.7. The van der Waals surface area contributed by atoms with Gasteiger partial charge in [-0.15, -0.1) is 0 Å². The number of amides is 1. The van der Waals surface area contributed by atoms with Crippen LogP contribution in [-0.4, -0.2) is 57.7 Å². The highest BCUT2D eigenvalue weighted by molar-refractivity contribution is 5.78. The lowest BCUT2D eigenvalue weighted by molar-refractivity contribution is -0.132. The summed E-state index contributed by atoms with van der Waals surface area (Å²) in [5.41, 5.74) is 2.00. The van der Waals surface area contributed by atoms with Gasteiger partial charge in [-0.1, -0.05) is 31.0 Å². The highest BCUT2D eigenvalue weighted by Gasteiger charge is 2.27. The van der Waals surface area contributed by atoms with E-state index >= 15 is 0 Å². The van der Waals surface area contributed by atoms with Crippen molar-refractivity contribution >= 4 is 5.91 Å². The van der Waals surface area contributed by atoms with E-state index in [2.05, 4.69) is 10.00 Å². The third kappa shape index (κ3) is 3.76. The van der Waals surface area contributed by atoms with E-state index in [9.17, 15) is 4.79 Å². The van der Waals surface area contributed by atoms with Gasteiger partial charge in [0.2, 0.25) is 5.91 Å². The first-order valence-electron chi connectivity index (χ1n) is 9.40. The van der Waals surface area contributed by atoms with Gasteiger partial charge in [-0.3, -0.25) is 9.69 Å². The second kappa shape index (κ2) is 7.40. The number of benzene rings is 1. The van der Waals surface area contributed by atoms with Crippen LogP contribution in [0.15, 0.2) is 42.7 Å². The molecule has 0 unspecified atom stereocenters. The molecule has 0 radical (unpaired) electrons. The van der Waals surface area contributed by atoms with Crippen molar-refractivity contribution in [3.63, 3.8) is 0 Å². The van der Waals surface area contributed by atoms with E-state index < -0.39 is 0 Å². The molecule has 2 aliphatic rings. The van der Waals surface area contributed by atoms with Crippen molar-refractivity contribution in [3.8, 4) is 5.69 Å². The second-order valence-corrected chi connectivity index (χ2v) is 7.16. The van der Waals surface area contributed by atoms with Crippen LogP contribution in [0.3, 0.4) is 0 Å². The van der Waals surface area contributed by atoms with Crippen LogP contribution >= 0.6 is 0 Å². The highest BCUT2D eigenvalue weighted by Crippen LogP contribution is 2.24. The molecule has 2 heterocycles. The first-order chi connectivity index (χ1) is 12.3. The Hall–Kier alpha value is -2.14. The molecule has 1 aliphatic carbocycles. The SMILES string of the molecule is O=C(Cc1cnn(-c2ccccc2)c1)N1CCN(C2CCCC2)CC1. The van der Waals surface area contributed by atoms with Crippen molar-refractivity contribution < 1.29 is 4.79 Å². The Kier molecular flexibility index (Phi) is 4.83. The van der Waals surface area contributed by atoms with Crippen molar-refractivity contribution in [2.75, 3.05) is 26.2 Å². The highest BCUT2D eigenvalue weighted by atomic mass is 16.2. The molecular formula is C20H26N4O. The minimum Gasteiger partial charge on any atom is -0.340 e. The molecule has 132 valence electrons. The molecule has 5 nitrogen and oxygen atoms in total. The number of hydrogen-bond donors (Lipinski definition) is 0. The van der Waals surface area contributed by atoms with Crippen LogP contribution in [0.2, 0.25) is 0 Å². The van der Waals surface area contributed by atoms with E-state index in [1.807, 2.05) is 46.1 Å². The summed E-state index contributed by atoms with van der Waals surface area (Å²) in [4.78, 5) is 17.2. The number of hydrogen-bond acceptors (Lipinski definition) is 3. The zero-order chi connectivity index (χ0) is 17.1. The van der Waals surface area contributed by atoms with E-state index in [0.29, 0.717) is 6.42 Å². The first-order valence-corrected chi connectivity index (χ1v) is 9.40. The summed E-state index contributed by atoms with van der Waals surface area (Å²) in [6.07, 6.45) is 9.63. The normalized spacial score (nSPS) is 19.4. The number of para-hydroxylation sites is 1. The largest absolute Gasteiger partial charge is 0.340 e. The summed E-state index contributed by atoms with van der Waals surface area (Å²) in [6, 6.07) is 10.8. The molecule has 0 bridgehead atoms. The average Bonchev–Trinajstić information content (AvgIpc) is 3.35. The Morgan fingerprint density at radius 1 is 1.04 bits per heavy atom. The van der Waals surface area contributed by atoms with Gasteiger partial charge in [0.25, 0.3) is 0 Å². The molecule has 2 fully saturated rings. The van der Waals surface area contributed by atoms with Crippen LogP contribution in [0.1, 0.15) is 31.2 Å². The molecule has 1 aliphatic heterocycles. The number of aromatic nitrogens is 2. The smallest absolute Gasteiger partial charge is 0.227 e. The zero-order valence-corrected chi connectivity index (χ0v) is 14.7. The number of carbonyl (C=O) groups is 1. The summed E-state index contributed by atoms with van der Waals surface area (Å²) in [5.74, 6) is 0.221. The van der Waals surface area contributed by atoms with Gasteiger partial charge < -0.3 is 4.90 Å². The Morgan fingerprint density at radius 3 is 2.48 bits per heavy atom. The molecule has 1 saturated carbocycles.